The molecule has 0 N–H and O–H groups in total. The second-order valence-corrected chi connectivity index (χ2v) is 11.2. The van der Waals surface area contributed by atoms with Gasteiger partial charge in [-0.2, -0.15) is 36.4 Å². The summed E-state index contributed by atoms with van der Waals surface area (Å²) < 4.78 is 21.8. The number of nitrogens with zero attached hydrogens (tertiary/aromatic N) is 4. The maximum absolute atomic E-state index is 6.19. The Hall–Kier alpha value is -3.57. The Kier molecular flexibility index (Phi) is 6.39. The van der Waals surface area contributed by atoms with E-state index < -0.39 is 0 Å². The Morgan fingerprint density at radius 1 is 0.684 bits per heavy atom. The fourth-order valence-electron chi connectivity index (χ4n) is 4.14. The van der Waals surface area contributed by atoms with Gasteiger partial charge in [0, 0.05) is 46.5 Å². The van der Waals surface area contributed by atoms with Crippen molar-refractivity contribution >= 4 is 21.9 Å². The second-order valence-electron chi connectivity index (χ2n) is 11.2. The summed E-state index contributed by atoms with van der Waals surface area (Å²) in [5.74, 6) is 2.65. The topological polar surface area (TPSA) is 71.2 Å². The van der Waals surface area contributed by atoms with Crippen LogP contribution in [-0.2, 0) is 31.9 Å². The third-order valence-corrected chi connectivity index (χ3v) is 6.19. The largest absolute Gasteiger partial charge is 2.00 e. The molecule has 0 fully saturated rings. The monoisotopic (exact) mass is 687 g/mol. The molecule has 0 spiro atoms. The van der Waals surface area contributed by atoms with E-state index in [1.54, 1.807) is 21.5 Å². The Labute approximate surface area is 235 Å². The first-order valence-corrected chi connectivity index (χ1v) is 12.3. The van der Waals surface area contributed by atoms with Gasteiger partial charge in [0.1, 0.15) is 0 Å². The maximum atomic E-state index is 6.19. The van der Waals surface area contributed by atoms with Crippen molar-refractivity contribution in [3.05, 3.63) is 84.6 Å². The summed E-state index contributed by atoms with van der Waals surface area (Å²) in [4.78, 5) is 0. The first kappa shape index (κ1) is 26.1. The summed E-state index contributed by atoms with van der Waals surface area (Å²) >= 11 is 0. The maximum Gasteiger partial charge on any atom is 2.00 e. The molecule has 196 valence electrons. The van der Waals surface area contributed by atoms with Crippen molar-refractivity contribution < 1.29 is 34.6 Å². The fraction of sp³-hybridized carbons (Fsp3) is 0.267. The van der Waals surface area contributed by atoms with Gasteiger partial charge in [0.25, 0.3) is 0 Å². The summed E-state index contributed by atoms with van der Waals surface area (Å²) in [5.41, 5.74) is 2.73. The van der Waals surface area contributed by atoms with E-state index in [1.165, 1.54) is 0 Å². The number of hydrogen-bond donors (Lipinski definition) is 0. The number of fused-ring (bicyclic) bond motifs is 2. The first-order valence-electron chi connectivity index (χ1n) is 12.3. The van der Waals surface area contributed by atoms with Gasteiger partial charge < -0.3 is 13.6 Å². The standard InChI is InChI=1S/C30H28N4O3.Pt/c1-29(2,3)23-17-19-9-7-11-21(27(19)35-23)33-15-13-25(31-33)37-26-14-16-34(32-26)22-12-8-10-20-18-24(30(4,5)6)36-28(20)22;/h7-10,13-18H,1-6H3;/q-2;+2. The van der Waals surface area contributed by atoms with Gasteiger partial charge in [-0.1, -0.05) is 52.3 Å². The number of furan rings is 2. The van der Waals surface area contributed by atoms with E-state index in [0.29, 0.717) is 11.8 Å². The molecule has 4 aromatic heterocycles. The molecule has 2 aromatic carbocycles. The van der Waals surface area contributed by atoms with Crippen molar-refractivity contribution in [2.24, 2.45) is 0 Å². The zero-order valence-corrected chi connectivity index (χ0v) is 24.4. The predicted octanol–water partition coefficient (Wildman–Crippen LogP) is 7.54. The summed E-state index contributed by atoms with van der Waals surface area (Å²) in [7, 11) is 0. The van der Waals surface area contributed by atoms with Crippen LogP contribution < -0.4 is 4.74 Å². The number of benzene rings is 2. The van der Waals surface area contributed by atoms with Crippen LogP contribution in [0.2, 0.25) is 0 Å². The van der Waals surface area contributed by atoms with Crippen LogP contribution in [0, 0.1) is 12.1 Å². The molecule has 0 aliphatic rings. The van der Waals surface area contributed by atoms with Crippen molar-refractivity contribution in [2.75, 3.05) is 0 Å². The van der Waals surface area contributed by atoms with Crippen LogP contribution >= 0.6 is 0 Å². The van der Waals surface area contributed by atoms with Crippen LogP contribution in [0.25, 0.3) is 33.3 Å². The summed E-state index contributed by atoms with van der Waals surface area (Å²) in [6.45, 7) is 12.8. The molecule has 0 bridgehead atoms. The second kappa shape index (κ2) is 9.32. The predicted molar refractivity (Wildman–Crippen MR) is 142 cm³/mol. The van der Waals surface area contributed by atoms with Crippen molar-refractivity contribution in [3.63, 3.8) is 0 Å². The minimum atomic E-state index is -0.0980. The van der Waals surface area contributed by atoms with E-state index in [-0.39, 0.29) is 31.9 Å². The minimum Gasteiger partial charge on any atom is -0.517 e. The molecule has 4 heterocycles. The van der Waals surface area contributed by atoms with Crippen molar-refractivity contribution in [3.8, 4) is 23.1 Å². The molecular formula is C30H28N4O3Pt. The van der Waals surface area contributed by atoms with Gasteiger partial charge in [0.05, 0.1) is 11.5 Å². The van der Waals surface area contributed by atoms with Gasteiger partial charge >= 0.3 is 21.1 Å². The third kappa shape index (κ3) is 4.71. The Bertz CT molecular complexity index is 1610. The van der Waals surface area contributed by atoms with E-state index in [4.69, 9.17) is 13.6 Å². The molecule has 0 saturated carbocycles. The van der Waals surface area contributed by atoms with Crippen LogP contribution in [-0.4, -0.2) is 19.6 Å². The number of ether oxygens (including phenoxy) is 1. The van der Waals surface area contributed by atoms with E-state index in [9.17, 15) is 0 Å². The minimum absolute atomic E-state index is 0. The quantitative estimate of drug-likeness (QED) is 0.179. The summed E-state index contributed by atoms with van der Waals surface area (Å²) in [6.07, 6.45) is 3.64. The molecule has 8 heteroatoms. The third-order valence-electron chi connectivity index (χ3n) is 6.19. The number of rotatable bonds is 4. The van der Waals surface area contributed by atoms with Crippen molar-refractivity contribution in [1.29, 1.82) is 0 Å². The molecule has 6 rings (SSSR count). The van der Waals surface area contributed by atoms with Gasteiger partial charge in [0.15, 0.2) is 0 Å². The molecule has 0 amide bonds. The first-order chi connectivity index (χ1) is 17.6. The zero-order chi connectivity index (χ0) is 25.9. The van der Waals surface area contributed by atoms with E-state index in [1.807, 2.05) is 36.7 Å². The van der Waals surface area contributed by atoms with Crippen molar-refractivity contribution in [1.82, 2.24) is 19.6 Å². The summed E-state index contributed by atoms with van der Waals surface area (Å²) in [5, 5.41) is 11.2. The van der Waals surface area contributed by atoms with Crippen molar-refractivity contribution in [2.45, 2.75) is 52.4 Å². The Balaban J connectivity index is 0.00000294. The molecular weight excluding hydrogens is 659 g/mol. The Morgan fingerprint density at radius 2 is 1.11 bits per heavy atom. The molecule has 0 saturated heterocycles. The van der Waals surface area contributed by atoms with Gasteiger partial charge in [-0.05, 0) is 23.5 Å². The zero-order valence-electron chi connectivity index (χ0n) is 22.1. The number of aromatic nitrogens is 4. The SMILES string of the molecule is CC(C)(C)c1cc2cc[c-]c(-n3ccc(Oc4ccn(-c5[c-]ccc6cc(C(C)(C)C)oc56)n4)n3)c2o1.[Pt+2]. The molecule has 0 radical (unpaired) electrons. The smallest absolute Gasteiger partial charge is 0.517 e. The Morgan fingerprint density at radius 3 is 1.50 bits per heavy atom. The molecule has 7 nitrogen and oxygen atoms in total. The van der Waals surface area contributed by atoms with Gasteiger partial charge in [0.2, 0.25) is 11.8 Å². The molecule has 0 aliphatic heterocycles. The normalized spacial score (nSPS) is 12.3. The van der Waals surface area contributed by atoms with Gasteiger partial charge in [-0.15, -0.1) is 10.2 Å². The van der Waals surface area contributed by atoms with Crippen LogP contribution in [0.1, 0.15) is 53.1 Å². The molecule has 0 atom stereocenters. The van der Waals surface area contributed by atoms with Crippen LogP contribution in [0.5, 0.6) is 11.8 Å². The fourth-order valence-corrected chi connectivity index (χ4v) is 4.14. The van der Waals surface area contributed by atoms with E-state index >= 15 is 0 Å². The van der Waals surface area contributed by atoms with Crippen LogP contribution in [0.4, 0.5) is 0 Å². The number of hydrogen-bond acceptors (Lipinski definition) is 5. The average Bonchev–Trinajstić information content (AvgIpc) is 3.62. The molecule has 0 aliphatic carbocycles. The van der Waals surface area contributed by atoms with Crippen LogP contribution in [0.3, 0.4) is 0 Å². The van der Waals surface area contributed by atoms with Crippen LogP contribution in [0.15, 0.2) is 69.8 Å². The van der Waals surface area contributed by atoms with E-state index in [0.717, 1.165) is 44.8 Å². The average molecular weight is 688 g/mol. The van der Waals surface area contributed by atoms with Gasteiger partial charge in [-0.3, -0.25) is 9.36 Å². The van der Waals surface area contributed by atoms with Gasteiger partial charge in [-0.25, -0.2) is 0 Å². The molecule has 0 unspecified atom stereocenters. The molecule has 6 aromatic rings. The molecule has 38 heavy (non-hydrogen) atoms. The summed E-state index contributed by atoms with van der Waals surface area (Å²) in [6, 6.07) is 21.9. The van der Waals surface area contributed by atoms with E-state index in [2.05, 4.69) is 76.0 Å².